The second-order valence-electron chi connectivity index (χ2n) is 18.1. The van der Waals surface area contributed by atoms with Gasteiger partial charge in [-0.1, -0.05) is 119 Å². The molecule has 0 saturated heterocycles. The van der Waals surface area contributed by atoms with Gasteiger partial charge in [0.05, 0.1) is 51.3 Å². The molecule has 0 bridgehead atoms. The van der Waals surface area contributed by atoms with Crippen molar-refractivity contribution in [2.75, 3.05) is 0 Å². The molecule has 7 aromatic rings. The Hall–Kier alpha value is -4.62. The molecule has 0 radical (unpaired) electrons. The Balaban J connectivity index is 0.000000136. The molecule has 0 aliphatic carbocycles. The minimum absolute atomic E-state index is 0.207. The van der Waals surface area contributed by atoms with Crippen molar-refractivity contribution in [2.45, 2.75) is 111 Å². The van der Waals surface area contributed by atoms with E-state index in [1.807, 2.05) is 31.3 Å². The second kappa shape index (κ2) is 15.4. The zero-order chi connectivity index (χ0) is 38.8. The summed E-state index contributed by atoms with van der Waals surface area (Å²) in [5, 5.41) is 8.16. The van der Waals surface area contributed by atoms with Crippen LogP contribution in [0.1, 0.15) is 116 Å². The van der Waals surface area contributed by atoms with Gasteiger partial charge in [-0.2, -0.15) is 5.10 Å². The fourth-order valence-corrected chi connectivity index (χ4v) is 6.60. The van der Waals surface area contributed by atoms with Crippen molar-refractivity contribution >= 4 is 49.7 Å². The maximum Gasteiger partial charge on any atom is 0.0955 e. The van der Waals surface area contributed by atoms with Crippen molar-refractivity contribution in [3.8, 4) is 0 Å². The molecule has 1 aliphatic heterocycles. The molecule has 0 unspecified atom stereocenters. The van der Waals surface area contributed by atoms with Crippen molar-refractivity contribution in [2.24, 2.45) is 12.0 Å². The summed E-state index contributed by atoms with van der Waals surface area (Å²) in [7, 11) is 2.03. The van der Waals surface area contributed by atoms with Gasteiger partial charge in [0, 0.05) is 18.6 Å². The summed E-state index contributed by atoms with van der Waals surface area (Å²) >= 11 is 1.71. The largest absolute Gasteiger partial charge is 0.334 e. The molecule has 0 spiro atoms. The third-order valence-electron chi connectivity index (χ3n) is 9.60. The number of aromatic amines is 1. The molecule has 1 N–H and O–H groups in total. The van der Waals surface area contributed by atoms with Gasteiger partial charge in [0.15, 0.2) is 0 Å². The summed E-state index contributed by atoms with van der Waals surface area (Å²) in [6.45, 7) is 27.6. The van der Waals surface area contributed by atoms with Crippen molar-refractivity contribution < 1.29 is 0 Å². The van der Waals surface area contributed by atoms with Crippen LogP contribution in [0, 0.1) is 0 Å². The minimum atomic E-state index is 0.207. The Morgan fingerprint density at radius 2 is 1.19 bits per heavy atom. The van der Waals surface area contributed by atoms with Crippen molar-refractivity contribution in [1.29, 1.82) is 0 Å². The summed E-state index contributed by atoms with van der Waals surface area (Å²) < 4.78 is 3.34. The highest BCUT2D eigenvalue weighted by Crippen LogP contribution is 2.29. The van der Waals surface area contributed by atoms with Gasteiger partial charge in [0.2, 0.25) is 0 Å². The summed E-state index contributed by atoms with van der Waals surface area (Å²) in [6, 6.07) is 26.1. The molecule has 3 aromatic heterocycles. The monoisotopic (exact) mass is 726 g/mol. The second-order valence-corrected chi connectivity index (χ2v) is 19.0. The van der Waals surface area contributed by atoms with Crippen LogP contribution < -0.4 is 0 Å². The summed E-state index contributed by atoms with van der Waals surface area (Å²) in [5.41, 5.74) is 15.4. The standard InChI is InChI=1S/C12H16N2.C12H15N.C11H14N2.C11H13NS/c1-12(2,3)9-5-6-10-11(7-9)14(4)8-13-10;1-12(2,3)11-5-4-9-7-13-8-10(9)6-11;1-11(2,3)9-5-4-8-7-12-13-10(8)6-9;1-11(2,3)8-4-5-9-10(6-8)13-7-12-9/h5-8H,1-4H3;4-6,8H,7H2,1-3H3;4-7H,1-3H3,(H,12,13);4-7H,1-3H3. The molecule has 0 fully saturated rings. The van der Waals surface area contributed by atoms with Crippen LogP contribution in [-0.2, 0) is 35.3 Å². The SMILES string of the molecule is CC(C)(C)c1ccc2c(c1)C=NC2.CC(C)(C)c1ccc2cn[nH]c2c1.CC(C)(C)c1ccc2ncsc2c1.Cn1cnc2ccc(C(C)(C)C)cc21. The van der Waals surface area contributed by atoms with E-state index in [0.29, 0.717) is 0 Å². The molecule has 4 aromatic carbocycles. The number of H-pyrrole nitrogens is 1. The Morgan fingerprint density at radius 3 is 1.85 bits per heavy atom. The zero-order valence-corrected chi connectivity index (χ0v) is 34.9. The number of fused-ring (bicyclic) bond motifs is 4. The van der Waals surface area contributed by atoms with Crippen LogP contribution in [0.5, 0.6) is 0 Å². The Bertz CT molecular complexity index is 2240. The third-order valence-corrected chi connectivity index (χ3v) is 10.4. The van der Waals surface area contributed by atoms with Gasteiger partial charge < -0.3 is 4.57 Å². The smallest absolute Gasteiger partial charge is 0.0955 e. The predicted molar refractivity (Wildman–Crippen MR) is 229 cm³/mol. The van der Waals surface area contributed by atoms with Crippen LogP contribution in [0.25, 0.3) is 32.2 Å². The minimum Gasteiger partial charge on any atom is -0.334 e. The number of aryl methyl sites for hydroxylation is 1. The van der Waals surface area contributed by atoms with Crippen LogP contribution in [0.3, 0.4) is 0 Å². The zero-order valence-electron chi connectivity index (χ0n) is 34.1. The van der Waals surface area contributed by atoms with E-state index in [1.54, 1.807) is 11.3 Å². The lowest BCUT2D eigenvalue weighted by molar-refractivity contribution is 0.590. The fraction of sp³-hybridized carbons (Fsp3) is 0.391. The van der Waals surface area contributed by atoms with E-state index in [2.05, 4.69) is 186 Å². The van der Waals surface area contributed by atoms with Gasteiger partial charge in [-0.3, -0.25) is 10.1 Å². The maximum absolute atomic E-state index is 4.30. The van der Waals surface area contributed by atoms with Crippen LogP contribution in [-0.4, -0.2) is 30.9 Å². The normalized spacial score (nSPS) is 12.8. The average Bonchev–Trinajstić information content (AvgIpc) is 3.90. The van der Waals surface area contributed by atoms with Crippen LogP contribution in [0.15, 0.2) is 95.8 Å². The Morgan fingerprint density at radius 1 is 0.623 bits per heavy atom. The van der Waals surface area contributed by atoms with E-state index in [9.17, 15) is 0 Å². The number of imidazole rings is 1. The van der Waals surface area contributed by atoms with E-state index in [-0.39, 0.29) is 21.7 Å². The maximum atomic E-state index is 4.30. The van der Waals surface area contributed by atoms with Crippen molar-refractivity contribution in [1.82, 2.24) is 24.7 Å². The number of thiazole rings is 1. The van der Waals surface area contributed by atoms with E-state index in [0.717, 1.165) is 23.1 Å². The van der Waals surface area contributed by atoms with Gasteiger partial charge in [0.25, 0.3) is 0 Å². The summed E-state index contributed by atoms with van der Waals surface area (Å²) in [6.07, 6.45) is 5.68. The first-order chi connectivity index (χ1) is 24.7. The Labute approximate surface area is 320 Å². The van der Waals surface area contributed by atoms with E-state index in [4.69, 9.17) is 0 Å². The number of nitrogens with zero attached hydrogens (tertiary/aromatic N) is 5. The molecule has 0 atom stereocenters. The first-order valence-corrected chi connectivity index (χ1v) is 19.4. The topological polar surface area (TPSA) is 71.8 Å². The number of nitrogens with one attached hydrogen (secondary N) is 1. The molecule has 0 saturated carbocycles. The number of benzene rings is 4. The quantitative estimate of drug-likeness (QED) is 0.169. The lowest BCUT2D eigenvalue weighted by Crippen LogP contribution is -2.11. The molecule has 278 valence electrons. The van der Waals surface area contributed by atoms with Crippen LogP contribution in [0.4, 0.5) is 0 Å². The molecule has 4 heterocycles. The van der Waals surface area contributed by atoms with E-state index < -0.39 is 0 Å². The van der Waals surface area contributed by atoms with E-state index >= 15 is 0 Å². The number of aliphatic imine (C=N–C) groups is 1. The molecule has 0 amide bonds. The Kier molecular flexibility index (Phi) is 11.5. The number of hydrogen-bond donors (Lipinski definition) is 1. The van der Waals surface area contributed by atoms with Gasteiger partial charge in [-0.05, 0) is 91.4 Å². The highest BCUT2D eigenvalue weighted by Gasteiger charge is 2.17. The van der Waals surface area contributed by atoms with Crippen molar-refractivity contribution in [3.05, 3.63) is 124 Å². The summed E-state index contributed by atoms with van der Waals surface area (Å²) in [5.74, 6) is 0. The summed E-state index contributed by atoms with van der Waals surface area (Å²) in [4.78, 5) is 12.8. The number of hydrogen-bond acceptors (Lipinski definition) is 5. The number of rotatable bonds is 0. The molecule has 7 heteroatoms. The number of aromatic nitrogens is 5. The molecule has 6 nitrogen and oxygen atoms in total. The van der Waals surface area contributed by atoms with E-state index in [1.165, 1.54) is 49.0 Å². The first-order valence-electron chi connectivity index (χ1n) is 18.5. The fourth-order valence-electron chi connectivity index (χ4n) is 5.89. The average molecular weight is 727 g/mol. The molecular weight excluding hydrogens is 669 g/mol. The lowest BCUT2D eigenvalue weighted by atomic mass is 9.85. The lowest BCUT2D eigenvalue weighted by Gasteiger charge is -2.19. The van der Waals surface area contributed by atoms with Crippen LogP contribution >= 0.6 is 11.3 Å². The van der Waals surface area contributed by atoms with Gasteiger partial charge >= 0.3 is 0 Å². The van der Waals surface area contributed by atoms with Gasteiger partial charge in [0.1, 0.15) is 0 Å². The van der Waals surface area contributed by atoms with Crippen molar-refractivity contribution in [3.63, 3.8) is 0 Å². The molecule has 1 aliphatic rings. The highest BCUT2D eigenvalue weighted by molar-refractivity contribution is 7.16. The highest BCUT2D eigenvalue weighted by atomic mass is 32.1. The van der Waals surface area contributed by atoms with Crippen LogP contribution in [0.2, 0.25) is 0 Å². The molecule has 8 rings (SSSR count). The van der Waals surface area contributed by atoms with Gasteiger partial charge in [-0.25, -0.2) is 9.97 Å². The third kappa shape index (κ3) is 10.1. The molecule has 53 heavy (non-hydrogen) atoms. The predicted octanol–water partition coefficient (Wildman–Crippen LogP) is 12.2. The first kappa shape index (κ1) is 39.6. The molecular formula is C46H58N6S. The van der Waals surface area contributed by atoms with Gasteiger partial charge in [-0.15, -0.1) is 11.3 Å².